The summed E-state index contributed by atoms with van der Waals surface area (Å²) < 4.78 is 0. The van der Waals surface area contributed by atoms with Crippen LogP contribution in [0.5, 0.6) is 0 Å². The van der Waals surface area contributed by atoms with Crippen LogP contribution in [-0.4, -0.2) is 0 Å². The van der Waals surface area contributed by atoms with Crippen molar-refractivity contribution in [3.63, 3.8) is 0 Å². The summed E-state index contributed by atoms with van der Waals surface area (Å²) in [5, 5.41) is 0. The molecule has 50 valence electrons. The van der Waals surface area contributed by atoms with E-state index in [0.29, 0.717) is 5.41 Å². The molecule has 1 fully saturated rings. The Balaban J connectivity index is 2.13. The molecule has 0 heteroatoms. The highest BCUT2D eigenvalue weighted by molar-refractivity contribution is 5.89. The largest absolute Gasteiger partial charge is 0.0679 e. The van der Waals surface area contributed by atoms with E-state index in [0.717, 1.165) is 5.92 Å². The SMILES string of the molecule is C1=C2C=C3CC45C1=C4C2=CC35. The normalized spacial score (nSPS) is 50.2. The Kier molecular flexibility index (Phi) is 0.291. The first-order valence-corrected chi connectivity index (χ1v) is 4.31. The Hall–Kier alpha value is -1.04. The first-order valence-electron chi connectivity index (χ1n) is 4.31. The molecule has 0 aliphatic heterocycles. The number of hydrogen-bond donors (Lipinski definition) is 0. The summed E-state index contributed by atoms with van der Waals surface area (Å²) in [5.41, 5.74) is 8.88. The molecule has 0 aromatic rings. The zero-order chi connectivity index (χ0) is 6.79. The third kappa shape index (κ3) is 0.189. The van der Waals surface area contributed by atoms with E-state index in [9.17, 15) is 0 Å². The smallest absolute Gasteiger partial charge is 0.0353 e. The van der Waals surface area contributed by atoms with Gasteiger partial charge in [-0.3, -0.25) is 0 Å². The zero-order valence-electron chi connectivity index (χ0n) is 6.02. The highest BCUT2D eigenvalue weighted by Crippen LogP contribution is 2.82. The second kappa shape index (κ2) is 0.781. The molecule has 0 heterocycles. The lowest BCUT2D eigenvalue weighted by atomic mass is 9.64. The molecule has 2 bridgehead atoms. The lowest BCUT2D eigenvalue weighted by Crippen LogP contribution is -2.30. The average molecular weight is 138 g/mol. The number of rotatable bonds is 0. The van der Waals surface area contributed by atoms with E-state index >= 15 is 0 Å². The zero-order valence-corrected chi connectivity index (χ0v) is 6.02. The molecule has 5 rings (SSSR count). The summed E-state index contributed by atoms with van der Waals surface area (Å²) in [4.78, 5) is 0. The van der Waals surface area contributed by atoms with Gasteiger partial charge in [0.1, 0.15) is 0 Å². The van der Waals surface area contributed by atoms with Gasteiger partial charge in [-0.15, -0.1) is 0 Å². The van der Waals surface area contributed by atoms with Gasteiger partial charge in [0.05, 0.1) is 0 Å². The van der Waals surface area contributed by atoms with E-state index in [4.69, 9.17) is 0 Å². The van der Waals surface area contributed by atoms with E-state index in [1.807, 2.05) is 0 Å². The summed E-state index contributed by atoms with van der Waals surface area (Å²) >= 11 is 0. The molecule has 5 aliphatic rings. The molecular weight excluding hydrogens is 132 g/mol. The molecule has 0 nitrogen and oxygen atoms in total. The predicted molar refractivity (Wildman–Crippen MR) is 41.8 cm³/mol. The topological polar surface area (TPSA) is 0 Å². The number of hydrogen-bond acceptors (Lipinski definition) is 0. The van der Waals surface area contributed by atoms with Gasteiger partial charge in [-0.1, -0.05) is 17.7 Å². The van der Waals surface area contributed by atoms with Crippen LogP contribution in [0.2, 0.25) is 0 Å². The van der Waals surface area contributed by atoms with Crippen molar-refractivity contribution in [2.24, 2.45) is 11.3 Å². The van der Waals surface area contributed by atoms with Crippen LogP contribution in [-0.2, 0) is 0 Å². The van der Waals surface area contributed by atoms with Crippen molar-refractivity contribution in [2.75, 3.05) is 0 Å². The molecule has 5 aliphatic carbocycles. The van der Waals surface area contributed by atoms with Gasteiger partial charge in [-0.25, -0.2) is 0 Å². The van der Waals surface area contributed by atoms with Crippen LogP contribution < -0.4 is 0 Å². The quantitative estimate of drug-likeness (QED) is 0.481. The van der Waals surface area contributed by atoms with Crippen LogP contribution in [0.4, 0.5) is 0 Å². The van der Waals surface area contributed by atoms with Crippen LogP contribution in [0.25, 0.3) is 0 Å². The van der Waals surface area contributed by atoms with Crippen LogP contribution in [0.1, 0.15) is 6.42 Å². The van der Waals surface area contributed by atoms with Crippen molar-refractivity contribution in [3.05, 3.63) is 46.1 Å². The Bertz CT molecular complexity index is 468. The lowest BCUT2D eigenvalue weighted by Gasteiger charge is -2.37. The second-order valence-corrected chi connectivity index (χ2v) is 4.31. The maximum atomic E-state index is 2.50. The molecule has 0 N–H and O–H groups in total. The maximum Gasteiger partial charge on any atom is 0.0353 e. The summed E-state index contributed by atoms with van der Waals surface area (Å²) in [6.07, 6.45) is 8.70. The minimum absolute atomic E-state index is 0.626. The van der Waals surface area contributed by atoms with E-state index in [-0.39, 0.29) is 0 Å². The third-order valence-corrected chi connectivity index (χ3v) is 4.10. The van der Waals surface area contributed by atoms with E-state index in [1.54, 1.807) is 22.3 Å². The van der Waals surface area contributed by atoms with Gasteiger partial charge >= 0.3 is 0 Å². The Morgan fingerprint density at radius 3 is 3.27 bits per heavy atom. The van der Waals surface area contributed by atoms with Crippen molar-refractivity contribution >= 4 is 0 Å². The van der Waals surface area contributed by atoms with Gasteiger partial charge in [0, 0.05) is 11.3 Å². The highest BCUT2D eigenvalue weighted by atomic mass is 14.7. The molecule has 1 spiro atoms. The van der Waals surface area contributed by atoms with Gasteiger partial charge in [0.2, 0.25) is 0 Å². The summed E-state index contributed by atoms with van der Waals surface area (Å²) in [6, 6.07) is 0. The first kappa shape index (κ1) is 4.10. The number of allylic oxidation sites excluding steroid dienone is 8. The van der Waals surface area contributed by atoms with Crippen molar-refractivity contribution in [1.29, 1.82) is 0 Å². The summed E-state index contributed by atoms with van der Waals surface area (Å²) in [7, 11) is 0. The molecule has 0 radical (unpaired) electrons. The highest BCUT2D eigenvalue weighted by Gasteiger charge is 2.71. The molecule has 11 heavy (non-hydrogen) atoms. The lowest BCUT2D eigenvalue weighted by molar-refractivity contribution is 0.341. The van der Waals surface area contributed by atoms with Gasteiger partial charge in [0.15, 0.2) is 0 Å². The molecule has 0 aromatic carbocycles. The minimum atomic E-state index is 0.626. The fraction of sp³-hybridized carbons (Fsp3) is 0.273. The standard InChI is InChI=1S/C11H6/c1-5-2-9-10-7(5)3-8-6(1)4-11(8,9)10/h1-3,8H,4H2. The van der Waals surface area contributed by atoms with Crippen molar-refractivity contribution in [2.45, 2.75) is 6.42 Å². The van der Waals surface area contributed by atoms with Crippen molar-refractivity contribution < 1.29 is 0 Å². The minimum Gasteiger partial charge on any atom is -0.0679 e. The average Bonchev–Trinajstić information content (AvgIpc) is 2.52. The van der Waals surface area contributed by atoms with Gasteiger partial charge in [0.25, 0.3) is 0 Å². The third-order valence-electron chi connectivity index (χ3n) is 4.10. The van der Waals surface area contributed by atoms with Crippen LogP contribution in [0.15, 0.2) is 46.1 Å². The Morgan fingerprint density at radius 1 is 1.36 bits per heavy atom. The van der Waals surface area contributed by atoms with Crippen molar-refractivity contribution in [1.82, 2.24) is 0 Å². The van der Waals surface area contributed by atoms with Crippen LogP contribution >= 0.6 is 0 Å². The molecule has 0 aromatic heterocycles. The molecule has 2 atom stereocenters. The molecule has 1 saturated carbocycles. The molecule has 0 amide bonds. The Morgan fingerprint density at radius 2 is 2.36 bits per heavy atom. The monoisotopic (exact) mass is 138 g/mol. The molecule has 2 unspecified atom stereocenters. The predicted octanol–water partition coefficient (Wildman–Crippen LogP) is 2.12. The fourth-order valence-electron chi connectivity index (χ4n) is 3.61. The van der Waals surface area contributed by atoms with Crippen LogP contribution in [0.3, 0.4) is 0 Å². The van der Waals surface area contributed by atoms with Crippen LogP contribution in [0, 0.1) is 11.3 Å². The van der Waals surface area contributed by atoms with Gasteiger partial charge in [-0.2, -0.15) is 0 Å². The molecule has 0 saturated heterocycles. The van der Waals surface area contributed by atoms with E-state index in [2.05, 4.69) is 18.2 Å². The fourth-order valence-corrected chi connectivity index (χ4v) is 3.61. The van der Waals surface area contributed by atoms with Gasteiger partial charge in [-0.05, 0) is 34.8 Å². The summed E-state index contributed by atoms with van der Waals surface area (Å²) in [6.45, 7) is 0. The maximum absolute atomic E-state index is 2.50. The first-order chi connectivity index (χ1) is 5.41. The second-order valence-electron chi connectivity index (χ2n) is 4.31. The van der Waals surface area contributed by atoms with E-state index in [1.165, 1.54) is 12.0 Å². The molecular formula is C11H6. The summed E-state index contributed by atoms with van der Waals surface area (Å²) in [5.74, 6) is 0.838. The van der Waals surface area contributed by atoms with Gasteiger partial charge < -0.3 is 0 Å². The Labute approximate surface area is 64.6 Å². The van der Waals surface area contributed by atoms with E-state index < -0.39 is 0 Å². The van der Waals surface area contributed by atoms with Crippen molar-refractivity contribution in [3.8, 4) is 0 Å².